The second-order valence-corrected chi connectivity index (χ2v) is 26.3. The van der Waals surface area contributed by atoms with Crippen LogP contribution in [0.4, 0.5) is 0 Å². The highest BCUT2D eigenvalue weighted by molar-refractivity contribution is 7.13. The van der Waals surface area contributed by atoms with Gasteiger partial charge in [-0.15, -0.1) is 11.3 Å². The van der Waals surface area contributed by atoms with E-state index in [0.717, 1.165) is 66.0 Å². The summed E-state index contributed by atoms with van der Waals surface area (Å²) in [5.74, 6) is 5.88. The average molecular weight is 1140 g/mol. The van der Waals surface area contributed by atoms with Crippen LogP contribution in [0.2, 0.25) is 5.02 Å². The van der Waals surface area contributed by atoms with Gasteiger partial charge in [0.05, 0.1) is 51.3 Å². The van der Waals surface area contributed by atoms with E-state index < -0.39 is 52.8 Å². The summed E-state index contributed by atoms with van der Waals surface area (Å²) >= 11 is 7.81. The smallest absolute Gasteiger partial charge is 0.251 e. The Balaban J connectivity index is 0.774. The van der Waals surface area contributed by atoms with Crippen LogP contribution in [0, 0.1) is 69.0 Å². The molecule has 426 valence electrons. The van der Waals surface area contributed by atoms with Gasteiger partial charge in [-0.2, -0.15) is 10.5 Å². The van der Waals surface area contributed by atoms with Crippen LogP contribution >= 0.6 is 22.9 Å². The van der Waals surface area contributed by atoms with Gasteiger partial charge in [-0.3, -0.25) is 24.0 Å². The molecule has 18 heteroatoms. The molecule has 2 aliphatic carbocycles. The average Bonchev–Trinajstić information content (AvgIpc) is 3.43. The van der Waals surface area contributed by atoms with Crippen molar-refractivity contribution in [3.8, 4) is 40.2 Å². The van der Waals surface area contributed by atoms with Crippen molar-refractivity contribution in [2.75, 3.05) is 32.7 Å². The van der Waals surface area contributed by atoms with Gasteiger partial charge in [0.1, 0.15) is 35.4 Å². The monoisotopic (exact) mass is 1140 g/mol. The normalized spacial score (nSPS) is 23.0. The molecule has 81 heavy (non-hydrogen) atoms. The summed E-state index contributed by atoms with van der Waals surface area (Å²) in [4.78, 5) is 81.1. The molecular weight excluding hydrogens is 1060 g/mol. The van der Waals surface area contributed by atoms with Gasteiger partial charge < -0.3 is 40.5 Å². The van der Waals surface area contributed by atoms with Gasteiger partial charge in [-0.25, -0.2) is 4.98 Å². The Morgan fingerprint density at radius 1 is 0.901 bits per heavy atom. The molecule has 0 radical (unpaired) electrons. The summed E-state index contributed by atoms with van der Waals surface area (Å²) in [6, 6.07) is 21.7. The number of aliphatic hydroxyl groups excluding tert-OH is 1. The van der Waals surface area contributed by atoms with Crippen molar-refractivity contribution in [1.29, 1.82) is 10.5 Å². The summed E-state index contributed by atoms with van der Waals surface area (Å²) in [5.41, 5.74) is 3.46. The van der Waals surface area contributed by atoms with Gasteiger partial charge in [-0.1, -0.05) is 96.2 Å². The molecular formula is C63H74ClN9O7S. The fourth-order valence-corrected chi connectivity index (χ4v) is 13.8. The lowest BCUT2D eigenvalue weighted by molar-refractivity contribution is -0.164. The summed E-state index contributed by atoms with van der Waals surface area (Å²) in [5, 5.41) is 39.4. The van der Waals surface area contributed by atoms with Crippen LogP contribution in [-0.4, -0.2) is 123 Å². The predicted octanol–water partition coefficient (Wildman–Crippen LogP) is 8.35. The minimum Gasteiger partial charge on any atom is -0.489 e. The molecule has 4 heterocycles. The van der Waals surface area contributed by atoms with Crippen molar-refractivity contribution in [1.82, 2.24) is 35.6 Å². The van der Waals surface area contributed by atoms with E-state index in [1.54, 1.807) is 23.7 Å². The summed E-state index contributed by atoms with van der Waals surface area (Å²) in [6.45, 7) is 18.5. The maximum Gasteiger partial charge on any atom is 0.251 e. The van der Waals surface area contributed by atoms with E-state index in [-0.39, 0.29) is 60.1 Å². The number of aliphatic hydroxyl groups is 1. The lowest BCUT2D eigenvalue weighted by Crippen LogP contribution is -2.74. The van der Waals surface area contributed by atoms with Crippen molar-refractivity contribution >= 4 is 52.5 Å². The number of carbonyl (C=O) groups is 5. The standard InChI is InChI=1S/C63H74ClN9O7S/c1-38-52(81-37-67-38)42-17-15-41(16-18-42)49(68-55(77)50-31-46(74)35-73(50)56(78)53(60(2,3)4)69-59(79)63(36-66)25-26-63)33-51(75)72-29-23-45(24-30-72)71-27-21-40(22-28-71)10-9-39-11-13-43(14-12-39)54(76)70-57-61(5,6)58(62(57,7)8)80-47-20-19-44(34-65)48(64)32-47/h11-20,32,37,40,45-46,49-50,53,57-58,74H,21-31,33,35H2,1-8H3,(H,68,77)(H,69,79)(H,70,76). The molecule has 5 amide bonds. The van der Waals surface area contributed by atoms with Crippen molar-refractivity contribution in [3.05, 3.63) is 105 Å². The Kier molecular flexibility index (Phi) is 17.1. The Hall–Kier alpha value is -6.81. The van der Waals surface area contributed by atoms with Crippen molar-refractivity contribution in [2.45, 2.75) is 149 Å². The van der Waals surface area contributed by atoms with E-state index in [2.05, 4.69) is 77.5 Å². The molecule has 0 bridgehead atoms. The number of amides is 5. The van der Waals surface area contributed by atoms with Crippen LogP contribution in [0.5, 0.6) is 5.75 Å². The molecule has 4 aromatic rings. The summed E-state index contributed by atoms with van der Waals surface area (Å²) in [6.07, 6.45) is 3.11. The molecule has 1 aromatic heterocycles. The largest absolute Gasteiger partial charge is 0.489 e. The number of ether oxygens (including phenoxy) is 1. The van der Waals surface area contributed by atoms with Gasteiger partial charge in [-0.05, 0) is 111 Å². The molecule has 0 spiro atoms. The zero-order valence-electron chi connectivity index (χ0n) is 47.6. The first-order chi connectivity index (χ1) is 38.4. The number of β-amino-alcohol motifs (C(OH)–C–C–N with tert-alkyl or cyclic N) is 1. The third kappa shape index (κ3) is 12.7. The second-order valence-electron chi connectivity index (χ2n) is 25.1. The minimum atomic E-state index is -1.16. The van der Waals surface area contributed by atoms with E-state index in [1.807, 2.05) is 81.1 Å². The number of nitrogens with zero attached hydrogens (tertiary/aromatic N) is 6. The second kappa shape index (κ2) is 23.6. The fourth-order valence-electron chi connectivity index (χ4n) is 12.8. The van der Waals surface area contributed by atoms with Crippen molar-refractivity contribution in [2.24, 2.45) is 27.6 Å². The lowest BCUT2D eigenvalue weighted by atomic mass is 9.49. The molecule has 4 atom stereocenters. The zero-order chi connectivity index (χ0) is 58.2. The molecule has 4 unspecified atom stereocenters. The molecule has 3 aliphatic heterocycles. The first-order valence-corrected chi connectivity index (χ1v) is 29.5. The van der Waals surface area contributed by atoms with Gasteiger partial charge in [0.25, 0.3) is 5.91 Å². The maximum atomic E-state index is 14.5. The Morgan fingerprint density at radius 2 is 1.57 bits per heavy atom. The van der Waals surface area contributed by atoms with Crippen molar-refractivity contribution in [3.63, 3.8) is 0 Å². The molecule has 16 nitrogen and oxygen atoms in total. The third-order valence-corrected chi connectivity index (χ3v) is 18.8. The maximum absolute atomic E-state index is 14.5. The first kappa shape index (κ1) is 58.8. The van der Waals surface area contributed by atoms with Gasteiger partial charge in [0.2, 0.25) is 23.6 Å². The predicted molar refractivity (Wildman–Crippen MR) is 309 cm³/mol. The molecule has 3 saturated heterocycles. The van der Waals surface area contributed by atoms with Crippen LogP contribution in [0.1, 0.15) is 139 Å². The first-order valence-electron chi connectivity index (χ1n) is 28.2. The highest BCUT2D eigenvalue weighted by Gasteiger charge is 2.64. The summed E-state index contributed by atoms with van der Waals surface area (Å²) in [7, 11) is 0. The number of piperidine rings is 2. The molecule has 5 aliphatic rings. The number of halogens is 1. The van der Waals surface area contributed by atoms with Crippen LogP contribution in [0.15, 0.2) is 72.2 Å². The van der Waals surface area contributed by atoms with Gasteiger partial charge in [0.15, 0.2) is 0 Å². The molecule has 3 aromatic carbocycles. The highest BCUT2D eigenvalue weighted by Crippen LogP contribution is 2.56. The highest BCUT2D eigenvalue weighted by atomic mass is 35.5. The third-order valence-electron chi connectivity index (χ3n) is 17.5. The van der Waals surface area contributed by atoms with Crippen LogP contribution in [0.25, 0.3) is 10.4 Å². The Morgan fingerprint density at radius 3 is 2.15 bits per heavy atom. The number of thiazole rings is 1. The zero-order valence-corrected chi connectivity index (χ0v) is 49.2. The molecule has 9 rings (SSSR count). The van der Waals surface area contributed by atoms with E-state index in [4.69, 9.17) is 16.3 Å². The lowest BCUT2D eigenvalue weighted by Gasteiger charge is -2.63. The van der Waals surface area contributed by atoms with E-state index >= 15 is 0 Å². The van der Waals surface area contributed by atoms with E-state index in [0.29, 0.717) is 53.9 Å². The minimum absolute atomic E-state index is 0.0115. The number of nitrogens with one attached hydrogen (secondary N) is 3. The Bertz CT molecular complexity index is 3160. The van der Waals surface area contributed by atoms with Crippen molar-refractivity contribution < 1.29 is 33.8 Å². The quantitative estimate of drug-likeness (QED) is 0.0879. The number of carbonyl (C=O) groups excluding carboxylic acids is 5. The molecule has 5 fully saturated rings. The molecule has 2 saturated carbocycles. The van der Waals surface area contributed by atoms with Crippen LogP contribution in [-0.2, 0) is 19.2 Å². The summed E-state index contributed by atoms with van der Waals surface area (Å²) < 4.78 is 6.40. The number of likely N-dealkylation sites (tertiary alicyclic amines) is 3. The van der Waals surface area contributed by atoms with Gasteiger partial charge in [0, 0.05) is 72.1 Å². The number of hydrogen-bond acceptors (Lipinski definition) is 12. The van der Waals surface area contributed by atoms with Gasteiger partial charge >= 0.3 is 0 Å². The molecule has 4 N–H and O–H groups in total. The number of benzene rings is 3. The number of nitriles is 2. The number of aryl methyl sites for hydroxylation is 1. The van der Waals surface area contributed by atoms with E-state index in [1.165, 1.54) is 16.2 Å². The van der Waals surface area contributed by atoms with E-state index in [9.17, 15) is 39.6 Å². The Labute approximate surface area is 484 Å². The van der Waals surface area contributed by atoms with Crippen LogP contribution in [0.3, 0.4) is 0 Å². The fraction of sp³-hybridized carbons (Fsp3) is 0.524. The topological polar surface area (TPSA) is 221 Å². The number of hydrogen-bond donors (Lipinski definition) is 4. The SMILES string of the molecule is Cc1ncsc1-c1ccc(C(CC(=O)N2CCC(N3CCC(C#Cc4ccc(C(=O)NC5C(C)(C)C(Oc6ccc(C#N)c(Cl)c6)C5(C)C)cc4)CC3)CC2)NC(=O)C2CC(O)CN2C(=O)C(NC(=O)C2(C#N)CC2)C(C)(C)C)cc1. The number of aromatic nitrogens is 1. The number of rotatable bonds is 14. The van der Waals surface area contributed by atoms with Crippen LogP contribution < -0.4 is 20.7 Å².